The molecule has 26 heavy (non-hydrogen) atoms. The lowest BCUT2D eigenvalue weighted by molar-refractivity contribution is 0.0692. The van der Waals surface area contributed by atoms with Gasteiger partial charge < -0.3 is 14.9 Å². The Balaban J connectivity index is 1.71. The van der Waals surface area contributed by atoms with E-state index in [0.717, 1.165) is 36.1 Å². The van der Waals surface area contributed by atoms with Gasteiger partial charge in [-0.2, -0.15) is 0 Å². The van der Waals surface area contributed by atoms with E-state index in [-0.39, 0.29) is 11.3 Å². The predicted octanol–water partition coefficient (Wildman–Crippen LogP) is 3.83. The van der Waals surface area contributed by atoms with Crippen LogP contribution >= 0.6 is 0 Å². The number of nitrogens with zero attached hydrogens (tertiary/aromatic N) is 1. The number of carbonyl (C=O) groups is 1. The zero-order valence-corrected chi connectivity index (χ0v) is 15.5. The molecular weight excluding hydrogens is 330 g/mol. The van der Waals surface area contributed by atoms with Crippen molar-refractivity contribution in [1.82, 2.24) is 4.90 Å². The van der Waals surface area contributed by atoms with Gasteiger partial charge in [0.05, 0.1) is 12.7 Å². The Morgan fingerprint density at radius 3 is 2.69 bits per heavy atom. The van der Waals surface area contributed by atoms with E-state index in [4.69, 9.17) is 4.74 Å². The predicted molar refractivity (Wildman–Crippen MR) is 99.7 cm³/mol. The molecule has 0 bridgehead atoms. The largest absolute Gasteiger partial charge is 0.504 e. The molecule has 1 aliphatic heterocycles. The van der Waals surface area contributed by atoms with E-state index in [1.807, 2.05) is 24.3 Å². The van der Waals surface area contributed by atoms with Crippen molar-refractivity contribution in [2.24, 2.45) is 0 Å². The maximum absolute atomic E-state index is 11.5. The molecule has 0 atom stereocenters. The summed E-state index contributed by atoms with van der Waals surface area (Å²) < 4.78 is 5.18. The number of methoxy groups -OCH3 is 1. The monoisotopic (exact) mass is 355 g/mol. The molecule has 2 aromatic carbocycles. The Labute approximate surface area is 153 Å². The van der Waals surface area contributed by atoms with Gasteiger partial charge in [-0.1, -0.05) is 18.2 Å². The fourth-order valence-electron chi connectivity index (χ4n) is 3.54. The number of aromatic hydroxyl groups is 1. The number of aryl methyl sites for hydroxylation is 1. The first-order valence-corrected chi connectivity index (χ1v) is 8.77. The summed E-state index contributed by atoms with van der Waals surface area (Å²) in [7, 11) is 1.55. The summed E-state index contributed by atoms with van der Waals surface area (Å²) in [5.74, 6) is -0.232. The second-order valence-corrected chi connectivity index (χ2v) is 7.42. The smallest absolute Gasteiger partial charge is 0.336 e. The minimum atomic E-state index is -0.863. The number of benzene rings is 2. The van der Waals surface area contributed by atoms with Gasteiger partial charge in [0.2, 0.25) is 0 Å². The summed E-state index contributed by atoms with van der Waals surface area (Å²) in [5, 5.41) is 19.1. The first kappa shape index (κ1) is 18.3. The minimum Gasteiger partial charge on any atom is -0.504 e. The van der Waals surface area contributed by atoms with E-state index in [2.05, 4.69) is 18.7 Å². The lowest BCUT2D eigenvalue weighted by atomic mass is 9.93. The molecule has 0 saturated carbocycles. The number of carboxylic acid groups (broad SMARTS) is 1. The van der Waals surface area contributed by atoms with Crippen LogP contribution in [0.25, 0.3) is 0 Å². The number of ether oxygens (including phenoxy) is 1. The molecule has 0 radical (unpaired) electrons. The molecule has 0 amide bonds. The molecule has 3 rings (SSSR count). The van der Waals surface area contributed by atoms with Crippen LogP contribution in [0.15, 0.2) is 36.4 Å². The Kier molecular flexibility index (Phi) is 4.92. The molecular formula is C21H25NO4. The zero-order valence-electron chi connectivity index (χ0n) is 15.5. The van der Waals surface area contributed by atoms with Crippen LogP contribution in [-0.2, 0) is 19.5 Å². The molecule has 0 unspecified atom stereocenters. The zero-order chi connectivity index (χ0) is 18.9. The van der Waals surface area contributed by atoms with Crippen LogP contribution in [0, 0.1) is 0 Å². The third-order valence-corrected chi connectivity index (χ3v) is 5.34. The van der Waals surface area contributed by atoms with E-state index < -0.39 is 5.97 Å². The highest BCUT2D eigenvalue weighted by Crippen LogP contribution is 2.34. The summed E-state index contributed by atoms with van der Waals surface area (Å²) in [5.41, 5.74) is 3.46. The molecule has 0 spiro atoms. The molecule has 0 fully saturated rings. The van der Waals surface area contributed by atoms with Gasteiger partial charge in [-0.3, -0.25) is 4.90 Å². The van der Waals surface area contributed by atoms with E-state index in [0.29, 0.717) is 17.9 Å². The number of aromatic carboxylic acids is 1. The first-order valence-electron chi connectivity index (χ1n) is 8.77. The van der Waals surface area contributed by atoms with Crippen molar-refractivity contribution in [2.45, 2.75) is 45.3 Å². The lowest BCUT2D eigenvalue weighted by Crippen LogP contribution is -2.40. The fraction of sp³-hybridized carbons (Fsp3) is 0.381. The number of rotatable bonds is 6. The molecule has 1 aliphatic rings. The van der Waals surface area contributed by atoms with Crippen molar-refractivity contribution in [2.75, 3.05) is 7.11 Å². The summed E-state index contributed by atoms with van der Waals surface area (Å²) in [6.45, 7) is 5.81. The van der Waals surface area contributed by atoms with E-state index in [1.165, 1.54) is 0 Å². The van der Waals surface area contributed by atoms with Crippen LogP contribution in [0.4, 0.5) is 0 Å². The average Bonchev–Trinajstić information content (AvgIpc) is 3.06. The SMILES string of the molecule is COc1cc(CCC(C)(C)N2Cc3cccc(C(=O)O)c3C2)ccc1O. The highest BCUT2D eigenvalue weighted by Gasteiger charge is 2.33. The average molecular weight is 355 g/mol. The normalized spacial score (nSPS) is 14.3. The van der Waals surface area contributed by atoms with Gasteiger partial charge in [-0.05, 0) is 61.6 Å². The Morgan fingerprint density at radius 2 is 2.00 bits per heavy atom. The third kappa shape index (κ3) is 3.53. The number of carboxylic acids is 1. The van der Waals surface area contributed by atoms with E-state index >= 15 is 0 Å². The van der Waals surface area contributed by atoms with Gasteiger partial charge in [0.1, 0.15) is 0 Å². The Hall–Kier alpha value is -2.53. The van der Waals surface area contributed by atoms with Crippen molar-refractivity contribution in [3.05, 3.63) is 58.7 Å². The van der Waals surface area contributed by atoms with Crippen LogP contribution in [0.5, 0.6) is 11.5 Å². The number of fused-ring (bicyclic) bond motifs is 1. The standard InChI is InChI=1S/C21H25NO4/c1-21(2,10-9-14-7-8-18(23)19(11-14)26-3)22-12-15-5-4-6-16(20(24)25)17(15)13-22/h4-8,11,23H,9-10,12-13H2,1-3H3,(H,24,25). The number of phenols is 1. The van der Waals surface area contributed by atoms with Crippen LogP contribution < -0.4 is 4.74 Å². The van der Waals surface area contributed by atoms with Crippen molar-refractivity contribution < 1.29 is 19.7 Å². The lowest BCUT2D eigenvalue weighted by Gasteiger charge is -2.35. The molecule has 2 N–H and O–H groups in total. The van der Waals surface area contributed by atoms with Gasteiger partial charge in [0.25, 0.3) is 0 Å². The summed E-state index contributed by atoms with van der Waals surface area (Å²) >= 11 is 0. The molecule has 2 aromatic rings. The van der Waals surface area contributed by atoms with E-state index in [9.17, 15) is 15.0 Å². The molecule has 0 aromatic heterocycles. The highest BCUT2D eigenvalue weighted by atomic mass is 16.5. The van der Waals surface area contributed by atoms with Crippen molar-refractivity contribution in [3.63, 3.8) is 0 Å². The number of hydrogen-bond donors (Lipinski definition) is 2. The van der Waals surface area contributed by atoms with Crippen LogP contribution in [-0.4, -0.2) is 33.7 Å². The second-order valence-electron chi connectivity index (χ2n) is 7.42. The van der Waals surface area contributed by atoms with Crippen LogP contribution in [0.2, 0.25) is 0 Å². The molecule has 5 heteroatoms. The fourth-order valence-corrected chi connectivity index (χ4v) is 3.54. The molecule has 138 valence electrons. The maximum Gasteiger partial charge on any atom is 0.336 e. The number of phenolic OH excluding ortho intramolecular Hbond substituents is 1. The van der Waals surface area contributed by atoms with Crippen LogP contribution in [0.3, 0.4) is 0 Å². The maximum atomic E-state index is 11.5. The quantitative estimate of drug-likeness (QED) is 0.824. The Morgan fingerprint density at radius 1 is 1.23 bits per heavy atom. The molecule has 5 nitrogen and oxygen atoms in total. The van der Waals surface area contributed by atoms with Crippen molar-refractivity contribution >= 4 is 5.97 Å². The summed E-state index contributed by atoms with van der Waals surface area (Å²) in [4.78, 5) is 13.8. The summed E-state index contributed by atoms with van der Waals surface area (Å²) in [6, 6.07) is 11.0. The highest BCUT2D eigenvalue weighted by molar-refractivity contribution is 5.90. The van der Waals surface area contributed by atoms with Gasteiger partial charge in [-0.15, -0.1) is 0 Å². The van der Waals surface area contributed by atoms with Crippen molar-refractivity contribution in [3.8, 4) is 11.5 Å². The molecule has 0 saturated heterocycles. The van der Waals surface area contributed by atoms with Gasteiger partial charge >= 0.3 is 5.97 Å². The Bertz CT molecular complexity index is 829. The van der Waals surface area contributed by atoms with Gasteiger partial charge in [-0.25, -0.2) is 4.79 Å². The minimum absolute atomic E-state index is 0.0834. The third-order valence-electron chi connectivity index (χ3n) is 5.34. The summed E-state index contributed by atoms with van der Waals surface area (Å²) in [6.07, 6.45) is 1.76. The topological polar surface area (TPSA) is 70.0 Å². The van der Waals surface area contributed by atoms with Gasteiger partial charge in [0, 0.05) is 18.6 Å². The van der Waals surface area contributed by atoms with E-state index in [1.54, 1.807) is 19.2 Å². The van der Waals surface area contributed by atoms with Crippen LogP contribution in [0.1, 0.15) is 47.3 Å². The molecule has 1 heterocycles. The van der Waals surface area contributed by atoms with Gasteiger partial charge in [0.15, 0.2) is 11.5 Å². The number of hydrogen-bond acceptors (Lipinski definition) is 4. The second kappa shape index (κ2) is 7.00. The first-order chi connectivity index (χ1) is 12.3. The molecule has 0 aliphatic carbocycles. The van der Waals surface area contributed by atoms with Crippen molar-refractivity contribution in [1.29, 1.82) is 0 Å².